The van der Waals surface area contributed by atoms with Crippen LogP contribution >= 0.6 is 45.2 Å². The highest BCUT2D eigenvalue weighted by Gasteiger charge is 2.31. The predicted molar refractivity (Wildman–Crippen MR) is 73.6 cm³/mol. The van der Waals surface area contributed by atoms with Crippen molar-refractivity contribution in [3.05, 3.63) is 36.2 Å². The van der Waals surface area contributed by atoms with Crippen LogP contribution in [0.1, 0.15) is 11.1 Å². The molecule has 0 aromatic heterocycles. The van der Waals surface area contributed by atoms with Gasteiger partial charge in [-0.25, -0.2) is 4.79 Å². The zero-order chi connectivity index (χ0) is 14.1. The Kier molecular flexibility index (Phi) is 4.98. The minimum atomic E-state index is -4.49. The molecule has 0 aliphatic rings. The van der Waals surface area contributed by atoms with Gasteiger partial charge in [0.05, 0.1) is 5.56 Å². The molecule has 0 saturated heterocycles. The second kappa shape index (κ2) is 5.72. The molecule has 98 valence electrons. The number of halogens is 6. The third-order valence-corrected chi connectivity index (χ3v) is 3.67. The number of hydrogen-bond acceptors (Lipinski definition) is 1. The second-order valence-electron chi connectivity index (χ2n) is 3.15. The van der Waals surface area contributed by atoms with Crippen LogP contribution < -0.4 is 0 Å². The van der Waals surface area contributed by atoms with Crippen molar-refractivity contribution in [3.63, 3.8) is 0 Å². The smallest absolute Gasteiger partial charge is 0.416 e. The minimum Gasteiger partial charge on any atom is -0.476 e. The Bertz CT molecular complexity index is 500. The number of rotatable bonds is 2. The van der Waals surface area contributed by atoms with Gasteiger partial charge in [0.15, 0.2) is 0 Å². The molecule has 0 fully saturated rings. The highest BCUT2D eigenvalue weighted by Crippen LogP contribution is 2.34. The SMILES string of the molecule is O=C(O)C(F)=Cc1c(I)cc(C(F)(F)F)cc1I. The lowest BCUT2D eigenvalue weighted by atomic mass is 10.1. The van der Waals surface area contributed by atoms with Crippen molar-refractivity contribution in [2.24, 2.45) is 0 Å². The van der Waals surface area contributed by atoms with Gasteiger partial charge in [-0.15, -0.1) is 0 Å². The summed E-state index contributed by atoms with van der Waals surface area (Å²) < 4.78 is 50.6. The molecule has 0 heterocycles. The first-order chi connectivity index (χ1) is 8.12. The number of aliphatic carboxylic acids is 1. The van der Waals surface area contributed by atoms with E-state index in [-0.39, 0.29) is 12.7 Å². The topological polar surface area (TPSA) is 37.3 Å². The molecular formula is C10H4F4I2O2. The van der Waals surface area contributed by atoms with E-state index in [2.05, 4.69) is 0 Å². The van der Waals surface area contributed by atoms with Crippen LogP contribution in [0.25, 0.3) is 6.08 Å². The van der Waals surface area contributed by atoms with Gasteiger partial charge in [-0.2, -0.15) is 17.6 Å². The molecule has 0 aliphatic carbocycles. The fourth-order valence-corrected chi connectivity index (χ4v) is 3.15. The van der Waals surface area contributed by atoms with Crippen LogP contribution in [0.15, 0.2) is 18.0 Å². The quantitative estimate of drug-likeness (QED) is 0.385. The Balaban J connectivity index is 3.34. The molecule has 0 saturated carbocycles. The number of carboxylic acid groups (broad SMARTS) is 1. The number of carboxylic acids is 1. The summed E-state index contributed by atoms with van der Waals surface area (Å²) in [6, 6.07) is 1.67. The first kappa shape index (κ1) is 15.7. The lowest BCUT2D eigenvalue weighted by Crippen LogP contribution is -2.07. The monoisotopic (exact) mass is 486 g/mol. The second-order valence-corrected chi connectivity index (χ2v) is 5.47. The minimum absolute atomic E-state index is 0.115. The molecule has 1 aromatic rings. The van der Waals surface area contributed by atoms with Crippen LogP contribution in [0.2, 0.25) is 0 Å². The van der Waals surface area contributed by atoms with Crippen molar-refractivity contribution in [3.8, 4) is 0 Å². The van der Waals surface area contributed by atoms with Gasteiger partial charge < -0.3 is 5.11 Å². The zero-order valence-electron chi connectivity index (χ0n) is 8.36. The van der Waals surface area contributed by atoms with E-state index in [1.165, 1.54) is 0 Å². The van der Waals surface area contributed by atoms with Gasteiger partial charge in [0.1, 0.15) is 0 Å². The molecule has 1 rings (SSSR count). The van der Waals surface area contributed by atoms with Gasteiger partial charge >= 0.3 is 12.1 Å². The molecule has 8 heteroatoms. The summed E-state index contributed by atoms with van der Waals surface area (Å²) in [5.41, 5.74) is -0.742. The molecule has 0 amide bonds. The summed E-state index contributed by atoms with van der Waals surface area (Å²) in [6.45, 7) is 0. The van der Waals surface area contributed by atoms with E-state index in [1.54, 1.807) is 45.2 Å². The van der Waals surface area contributed by atoms with Crippen LogP contribution in [0.3, 0.4) is 0 Å². The van der Waals surface area contributed by atoms with E-state index in [0.717, 1.165) is 12.1 Å². The molecular weight excluding hydrogens is 482 g/mol. The molecule has 1 N–H and O–H groups in total. The third kappa shape index (κ3) is 3.80. The molecule has 18 heavy (non-hydrogen) atoms. The Hall–Kier alpha value is -0.390. The van der Waals surface area contributed by atoms with Crippen molar-refractivity contribution in [1.82, 2.24) is 0 Å². The standard InChI is InChI=1S/C10H4F4I2O2/c11-6(9(17)18)3-5-7(15)1-4(2-8(5)16)10(12,13)14/h1-3H,(H,17,18). The molecule has 0 aliphatic heterocycles. The van der Waals surface area contributed by atoms with Crippen molar-refractivity contribution in [2.75, 3.05) is 0 Å². The largest absolute Gasteiger partial charge is 0.476 e. The Morgan fingerprint density at radius 2 is 1.67 bits per heavy atom. The number of benzene rings is 1. The number of carbonyl (C=O) groups is 1. The van der Waals surface area contributed by atoms with E-state index >= 15 is 0 Å². The molecule has 1 aromatic carbocycles. The van der Waals surface area contributed by atoms with Gasteiger partial charge in [0.25, 0.3) is 0 Å². The Labute approximate surface area is 126 Å². The van der Waals surface area contributed by atoms with Crippen molar-refractivity contribution in [1.29, 1.82) is 0 Å². The van der Waals surface area contributed by atoms with Crippen LogP contribution in [-0.4, -0.2) is 11.1 Å². The van der Waals surface area contributed by atoms with Crippen LogP contribution in [0, 0.1) is 7.14 Å². The summed E-state index contributed by atoms with van der Waals surface area (Å²) >= 11 is 3.20. The number of hydrogen-bond donors (Lipinski definition) is 1. The van der Waals surface area contributed by atoms with Gasteiger partial charge in [-0.3, -0.25) is 0 Å². The normalized spacial score (nSPS) is 12.7. The third-order valence-electron chi connectivity index (χ3n) is 1.88. The molecule has 0 unspecified atom stereocenters. The maximum Gasteiger partial charge on any atom is 0.416 e. The summed E-state index contributed by atoms with van der Waals surface area (Å²) in [7, 11) is 0. The fraction of sp³-hybridized carbons (Fsp3) is 0.100. The van der Waals surface area contributed by atoms with Crippen molar-refractivity contribution < 1.29 is 27.5 Å². The first-order valence-corrected chi connectivity index (χ1v) is 6.45. The molecule has 2 nitrogen and oxygen atoms in total. The summed E-state index contributed by atoms with van der Waals surface area (Å²) in [5.74, 6) is -3.19. The Morgan fingerprint density at radius 1 is 1.22 bits per heavy atom. The highest BCUT2D eigenvalue weighted by atomic mass is 127. The van der Waals surface area contributed by atoms with E-state index in [0.29, 0.717) is 6.08 Å². The van der Waals surface area contributed by atoms with E-state index in [9.17, 15) is 22.4 Å². The van der Waals surface area contributed by atoms with E-state index in [4.69, 9.17) is 5.11 Å². The fourth-order valence-electron chi connectivity index (χ4n) is 1.07. The lowest BCUT2D eigenvalue weighted by Gasteiger charge is -2.10. The predicted octanol–water partition coefficient (Wildman–Crippen LogP) is 4.31. The van der Waals surface area contributed by atoms with Crippen LogP contribution in [0.4, 0.5) is 17.6 Å². The molecule has 0 spiro atoms. The van der Waals surface area contributed by atoms with Crippen LogP contribution in [0.5, 0.6) is 0 Å². The summed E-state index contributed by atoms with van der Waals surface area (Å²) in [4.78, 5) is 10.3. The Morgan fingerprint density at radius 3 is 2.00 bits per heavy atom. The van der Waals surface area contributed by atoms with Crippen LogP contribution in [-0.2, 0) is 11.0 Å². The maximum atomic E-state index is 12.9. The number of alkyl halides is 3. The first-order valence-electron chi connectivity index (χ1n) is 4.29. The summed E-state index contributed by atoms with van der Waals surface area (Å²) in [6.07, 6.45) is -3.79. The van der Waals surface area contributed by atoms with E-state index in [1.807, 2.05) is 0 Å². The maximum absolute atomic E-state index is 12.9. The van der Waals surface area contributed by atoms with Gasteiger partial charge in [0.2, 0.25) is 5.83 Å². The lowest BCUT2D eigenvalue weighted by molar-refractivity contribution is -0.137. The van der Waals surface area contributed by atoms with Gasteiger partial charge in [0, 0.05) is 12.7 Å². The van der Waals surface area contributed by atoms with Gasteiger partial charge in [-0.1, -0.05) is 0 Å². The summed E-state index contributed by atoms with van der Waals surface area (Å²) in [5, 5.41) is 8.38. The average Bonchev–Trinajstić information content (AvgIpc) is 2.21. The highest BCUT2D eigenvalue weighted by molar-refractivity contribution is 14.1. The van der Waals surface area contributed by atoms with Crippen molar-refractivity contribution >= 4 is 57.2 Å². The van der Waals surface area contributed by atoms with E-state index < -0.39 is 23.5 Å². The molecule has 0 radical (unpaired) electrons. The molecule has 0 bridgehead atoms. The zero-order valence-corrected chi connectivity index (χ0v) is 12.7. The average molecular weight is 486 g/mol. The molecule has 0 atom stereocenters. The van der Waals surface area contributed by atoms with Gasteiger partial charge in [-0.05, 0) is 63.4 Å². The van der Waals surface area contributed by atoms with Crippen molar-refractivity contribution in [2.45, 2.75) is 6.18 Å².